The Balaban J connectivity index is 1.55. The zero-order valence-corrected chi connectivity index (χ0v) is 16.4. The third kappa shape index (κ3) is 3.56. The Morgan fingerprint density at radius 3 is 2.63 bits per heavy atom. The molecule has 1 aliphatic heterocycles. The molecule has 1 saturated heterocycles. The minimum Gasteiger partial charge on any atom is -0.337 e. The molecule has 2 aromatic heterocycles. The Hall–Kier alpha value is -2.41. The number of aromatic nitrogens is 4. The average molecular weight is 382 g/mol. The first kappa shape index (κ1) is 18.0. The van der Waals surface area contributed by atoms with Crippen LogP contribution < -0.4 is 0 Å². The van der Waals surface area contributed by atoms with E-state index in [1.807, 2.05) is 35.2 Å². The highest BCUT2D eigenvalue weighted by Crippen LogP contribution is 2.28. The van der Waals surface area contributed by atoms with Gasteiger partial charge in [0.25, 0.3) is 0 Å². The maximum absolute atomic E-state index is 12.8. The lowest BCUT2D eigenvalue weighted by Gasteiger charge is -2.39. The molecule has 0 N–H and O–H groups in total. The zero-order chi connectivity index (χ0) is 18.8. The number of rotatable bonds is 4. The van der Waals surface area contributed by atoms with E-state index in [4.69, 9.17) is 0 Å². The van der Waals surface area contributed by atoms with Gasteiger partial charge in [-0.05, 0) is 45.2 Å². The van der Waals surface area contributed by atoms with E-state index in [-0.39, 0.29) is 5.91 Å². The fourth-order valence-corrected chi connectivity index (χ4v) is 4.64. The van der Waals surface area contributed by atoms with Crippen LogP contribution in [0.2, 0.25) is 0 Å². The normalized spacial score (nSPS) is 20.1. The van der Waals surface area contributed by atoms with Gasteiger partial charge in [-0.2, -0.15) is 5.10 Å². The van der Waals surface area contributed by atoms with Crippen LogP contribution in [0, 0.1) is 0 Å². The Morgan fingerprint density at radius 1 is 1.15 bits per heavy atom. The lowest BCUT2D eigenvalue weighted by atomic mass is 9.98. The van der Waals surface area contributed by atoms with Crippen molar-refractivity contribution in [3.63, 3.8) is 0 Å². The summed E-state index contributed by atoms with van der Waals surface area (Å²) in [5.74, 6) is 0.569. The van der Waals surface area contributed by atoms with Crippen molar-refractivity contribution in [3.8, 4) is 5.69 Å². The summed E-state index contributed by atoms with van der Waals surface area (Å²) < 4.78 is 1.80. The Labute approximate surface area is 163 Å². The van der Waals surface area contributed by atoms with Gasteiger partial charge < -0.3 is 4.90 Å². The van der Waals surface area contributed by atoms with Gasteiger partial charge in [0.2, 0.25) is 5.91 Å². The summed E-state index contributed by atoms with van der Waals surface area (Å²) in [5.41, 5.74) is 1.71. The van der Waals surface area contributed by atoms with E-state index < -0.39 is 0 Å². The van der Waals surface area contributed by atoms with Gasteiger partial charge in [-0.1, -0.05) is 30.0 Å². The number of piperidine rings is 1. The van der Waals surface area contributed by atoms with E-state index in [1.54, 1.807) is 17.2 Å². The molecule has 1 amide bonds. The van der Waals surface area contributed by atoms with E-state index in [2.05, 4.69) is 28.9 Å². The summed E-state index contributed by atoms with van der Waals surface area (Å²) in [5, 5.41) is 6.15. The Kier molecular flexibility index (Phi) is 5.11. The topological polar surface area (TPSA) is 63.9 Å². The fourth-order valence-electron chi connectivity index (χ4n) is 3.81. The number of benzene rings is 1. The van der Waals surface area contributed by atoms with E-state index in [0.717, 1.165) is 34.6 Å². The van der Waals surface area contributed by atoms with Crippen molar-refractivity contribution in [1.29, 1.82) is 0 Å². The van der Waals surface area contributed by atoms with E-state index in [0.29, 0.717) is 17.8 Å². The molecule has 1 aliphatic rings. The molecule has 1 fully saturated rings. The number of fused-ring (bicyclic) bond motifs is 1. The second-order valence-electron chi connectivity index (χ2n) is 7.03. The van der Waals surface area contributed by atoms with E-state index >= 15 is 0 Å². The SMILES string of the molecule is C[C@H]1CCC[C@H](C)N1C(=O)CSc1ncnc2c1cnn2-c1ccccc1. The third-order valence-corrected chi connectivity index (χ3v) is 6.13. The average Bonchev–Trinajstić information content (AvgIpc) is 3.11. The van der Waals surface area contributed by atoms with Crippen molar-refractivity contribution in [2.24, 2.45) is 0 Å². The molecule has 6 nitrogen and oxygen atoms in total. The molecule has 7 heteroatoms. The lowest BCUT2D eigenvalue weighted by Crippen LogP contribution is -2.48. The number of likely N-dealkylation sites (tertiary alicyclic amines) is 1. The number of amides is 1. The van der Waals surface area contributed by atoms with Crippen LogP contribution in [-0.4, -0.2) is 48.4 Å². The summed E-state index contributed by atoms with van der Waals surface area (Å²) >= 11 is 1.47. The lowest BCUT2D eigenvalue weighted by molar-refractivity contribution is -0.134. The van der Waals surface area contributed by atoms with Gasteiger partial charge >= 0.3 is 0 Å². The zero-order valence-electron chi connectivity index (χ0n) is 15.6. The van der Waals surface area contributed by atoms with Gasteiger partial charge in [-0.3, -0.25) is 4.79 Å². The summed E-state index contributed by atoms with van der Waals surface area (Å²) in [7, 11) is 0. The Morgan fingerprint density at radius 2 is 1.89 bits per heavy atom. The van der Waals surface area contributed by atoms with Gasteiger partial charge in [0.05, 0.1) is 23.0 Å². The first-order valence-corrected chi connectivity index (χ1v) is 10.3. The fraction of sp³-hybridized carbons (Fsp3) is 0.400. The van der Waals surface area contributed by atoms with Crippen LogP contribution in [0.4, 0.5) is 0 Å². The number of hydrogen-bond donors (Lipinski definition) is 0. The predicted molar refractivity (Wildman–Crippen MR) is 107 cm³/mol. The number of hydrogen-bond acceptors (Lipinski definition) is 5. The standard InChI is InChI=1S/C20H23N5OS/c1-14-7-6-8-15(2)24(14)18(26)12-27-20-17-11-23-25(19(17)21-13-22-20)16-9-4-3-5-10-16/h3-5,9-11,13-15H,6-8,12H2,1-2H3/t14-,15-/m0/s1. The smallest absolute Gasteiger partial charge is 0.233 e. The minimum absolute atomic E-state index is 0.182. The molecule has 2 atom stereocenters. The number of nitrogens with zero attached hydrogens (tertiary/aromatic N) is 5. The molecule has 3 aromatic rings. The molecule has 0 spiro atoms. The number of thioether (sulfide) groups is 1. The molecular formula is C20H23N5OS. The number of carbonyl (C=O) groups excluding carboxylic acids is 1. The van der Waals surface area contributed by atoms with Crippen molar-refractivity contribution in [3.05, 3.63) is 42.9 Å². The van der Waals surface area contributed by atoms with Crippen LogP contribution >= 0.6 is 11.8 Å². The number of para-hydroxylation sites is 1. The second kappa shape index (κ2) is 7.68. The maximum Gasteiger partial charge on any atom is 0.233 e. The summed E-state index contributed by atoms with van der Waals surface area (Å²) in [6.07, 6.45) is 6.69. The predicted octanol–water partition coefficient (Wildman–Crippen LogP) is 3.70. The van der Waals surface area contributed by atoms with Gasteiger partial charge in [-0.25, -0.2) is 14.6 Å². The summed E-state index contributed by atoms with van der Waals surface area (Å²) in [4.78, 5) is 23.6. The highest BCUT2D eigenvalue weighted by Gasteiger charge is 2.28. The van der Waals surface area contributed by atoms with Crippen LogP contribution in [0.5, 0.6) is 0 Å². The molecule has 0 aliphatic carbocycles. The molecular weight excluding hydrogens is 358 g/mol. The maximum atomic E-state index is 12.8. The second-order valence-corrected chi connectivity index (χ2v) is 7.99. The van der Waals surface area contributed by atoms with E-state index in [1.165, 1.54) is 18.2 Å². The van der Waals surface area contributed by atoms with Gasteiger partial charge in [0, 0.05) is 12.1 Å². The molecule has 140 valence electrons. The van der Waals surface area contributed by atoms with Crippen LogP contribution in [0.1, 0.15) is 33.1 Å². The van der Waals surface area contributed by atoms with Gasteiger partial charge in [-0.15, -0.1) is 0 Å². The molecule has 27 heavy (non-hydrogen) atoms. The first-order chi connectivity index (χ1) is 13.1. The van der Waals surface area contributed by atoms with Crippen LogP contribution in [-0.2, 0) is 4.79 Å². The van der Waals surface area contributed by atoms with Crippen molar-refractivity contribution < 1.29 is 4.79 Å². The quantitative estimate of drug-likeness (QED) is 0.509. The minimum atomic E-state index is 0.182. The molecule has 0 radical (unpaired) electrons. The molecule has 0 unspecified atom stereocenters. The van der Waals surface area contributed by atoms with Gasteiger partial charge in [0.15, 0.2) is 5.65 Å². The Bertz CT molecular complexity index is 932. The summed E-state index contributed by atoms with van der Waals surface area (Å²) in [6, 6.07) is 10.5. The van der Waals surface area contributed by atoms with Crippen LogP contribution in [0.3, 0.4) is 0 Å². The third-order valence-electron chi connectivity index (χ3n) is 5.14. The van der Waals surface area contributed by atoms with Crippen molar-refractivity contribution in [1.82, 2.24) is 24.6 Å². The van der Waals surface area contributed by atoms with Crippen molar-refractivity contribution in [2.75, 3.05) is 5.75 Å². The van der Waals surface area contributed by atoms with Crippen LogP contribution in [0.15, 0.2) is 47.9 Å². The highest BCUT2D eigenvalue weighted by molar-refractivity contribution is 8.00. The molecule has 1 aromatic carbocycles. The molecule has 0 bridgehead atoms. The van der Waals surface area contributed by atoms with Crippen LogP contribution in [0.25, 0.3) is 16.7 Å². The molecule has 4 rings (SSSR count). The van der Waals surface area contributed by atoms with Gasteiger partial charge in [0.1, 0.15) is 11.4 Å². The number of carbonyl (C=O) groups is 1. The first-order valence-electron chi connectivity index (χ1n) is 9.33. The molecule has 0 saturated carbocycles. The summed E-state index contributed by atoms with van der Waals surface area (Å²) in [6.45, 7) is 4.29. The molecule has 3 heterocycles. The monoisotopic (exact) mass is 381 g/mol. The highest BCUT2D eigenvalue weighted by atomic mass is 32.2. The van der Waals surface area contributed by atoms with Crippen molar-refractivity contribution in [2.45, 2.75) is 50.2 Å². The van der Waals surface area contributed by atoms with Crippen molar-refractivity contribution >= 4 is 28.7 Å². The largest absolute Gasteiger partial charge is 0.337 e. The van der Waals surface area contributed by atoms with E-state index in [9.17, 15) is 4.79 Å².